The summed E-state index contributed by atoms with van der Waals surface area (Å²) in [6, 6.07) is 12.1. The van der Waals surface area contributed by atoms with Gasteiger partial charge in [-0.3, -0.25) is 0 Å². The van der Waals surface area contributed by atoms with Crippen LogP contribution in [0.1, 0.15) is 16.8 Å². The molecule has 18 heavy (non-hydrogen) atoms. The minimum Gasteiger partial charge on any atom is -0.383 e. The zero-order chi connectivity index (χ0) is 13.0. The first-order chi connectivity index (χ1) is 8.72. The maximum Gasteiger partial charge on any atom is 0.140 e. The van der Waals surface area contributed by atoms with Crippen molar-refractivity contribution in [2.75, 3.05) is 5.73 Å². The molecule has 2 aromatic rings. The van der Waals surface area contributed by atoms with Crippen LogP contribution in [-0.2, 0) is 6.54 Å². The van der Waals surface area contributed by atoms with Crippen LogP contribution in [0.3, 0.4) is 0 Å². The van der Waals surface area contributed by atoms with Crippen LogP contribution in [0.4, 0.5) is 5.82 Å². The maximum absolute atomic E-state index is 8.91. The average molecular weight is 238 g/mol. The van der Waals surface area contributed by atoms with E-state index in [1.807, 2.05) is 42.5 Å². The van der Waals surface area contributed by atoms with Crippen molar-refractivity contribution in [3.05, 3.63) is 53.2 Å². The number of nitrogens with zero attached hydrogens (tertiary/aromatic N) is 3. The molecule has 0 fully saturated rings. The Labute approximate surface area is 106 Å². The number of anilines is 1. The molecule has 1 aromatic carbocycles. The maximum atomic E-state index is 8.91. The van der Waals surface area contributed by atoms with Crippen LogP contribution < -0.4 is 5.73 Å². The SMILES string of the molecule is Cc1nn(CC=Cc2ccccc2)c(N)c1C#N. The topological polar surface area (TPSA) is 67.6 Å². The van der Waals surface area contributed by atoms with Crippen LogP contribution >= 0.6 is 0 Å². The molecule has 0 saturated carbocycles. The Morgan fingerprint density at radius 2 is 2.11 bits per heavy atom. The first-order valence-electron chi connectivity index (χ1n) is 5.67. The van der Waals surface area contributed by atoms with Gasteiger partial charge < -0.3 is 5.73 Å². The molecule has 0 aliphatic carbocycles. The van der Waals surface area contributed by atoms with E-state index in [0.717, 1.165) is 5.56 Å². The fourth-order valence-electron chi connectivity index (χ4n) is 1.73. The molecule has 1 aromatic heterocycles. The molecule has 0 atom stereocenters. The van der Waals surface area contributed by atoms with Gasteiger partial charge in [-0.25, -0.2) is 4.68 Å². The van der Waals surface area contributed by atoms with Gasteiger partial charge in [0.15, 0.2) is 0 Å². The van der Waals surface area contributed by atoms with Crippen LogP contribution in [0.15, 0.2) is 36.4 Å². The van der Waals surface area contributed by atoms with Gasteiger partial charge in [0, 0.05) is 0 Å². The summed E-state index contributed by atoms with van der Waals surface area (Å²) < 4.78 is 1.63. The second kappa shape index (κ2) is 5.19. The number of nitrogens with two attached hydrogens (primary N) is 1. The number of allylic oxidation sites excluding steroid dienone is 1. The number of hydrogen-bond acceptors (Lipinski definition) is 3. The van der Waals surface area contributed by atoms with E-state index in [4.69, 9.17) is 11.0 Å². The highest BCUT2D eigenvalue weighted by atomic mass is 15.3. The minimum atomic E-state index is 0.424. The standard InChI is InChI=1S/C14H14N4/c1-11-13(10-15)14(16)18(17-11)9-5-8-12-6-3-2-4-7-12/h2-8H,9,16H2,1H3. The Morgan fingerprint density at radius 3 is 2.72 bits per heavy atom. The summed E-state index contributed by atoms with van der Waals surface area (Å²) >= 11 is 0. The van der Waals surface area contributed by atoms with Gasteiger partial charge >= 0.3 is 0 Å². The van der Waals surface area contributed by atoms with Gasteiger partial charge in [-0.1, -0.05) is 42.5 Å². The van der Waals surface area contributed by atoms with Crippen LogP contribution in [0.2, 0.25) is 0 Å². The van der Waals surface area contributed by atoms with Gasteiger partial charge in [-0.15, -0.1) is 0 Å². The lowest BCUT2D eigenvalue weighted by atomic mass is 10.2. The lowest BCUT2D eigenvalue weighted by Crippen LogP contribution is -2.03. The first-order valence-corrected chi connectivity index (χ1v) is 5.67. The largest absolute Gasteiger partial charge is 0.383 e. The molecule has 2 N–H and O–H groups in total. The van der Waals surface area contributed by atoms with Crippen molar-refractivity contribution < 1.29 is 0 Å². The third-order valence-electron chi connectivity index (χ3n) is 2.67. The summed E-state index contributed by atoms with van der Waals surface area (Å²) in [5.74, 6) is 0.424. The predicted octanol–water partition coefficient (Wildman–Crippen LogP) is 2.36. The molecule has 2 rings (SSSR count). The van der Waals surface area contributed by atoms with Crippen molar-refractivity contribution in [3.8, 4) is 6.07 Å². The molecule has 0 spiro atoms. The predicted molar refractivity (Wildman–Crippen MR) is 71.6 cm³/mol. The van der Waals surface area contributed by atoms with E-state index >= 15 is 0 Å². The molecule has 0 bridgehead atoms. The average Bonchev–Trinajstić information content (AvgIpc) is 2.65. The van der Waals surface area contributed by atoms with Crippen molar-refractivity contribution in [1.29, 1.82) is 5.26 Å². The Hall–Kier alpha value is -2.54. The van der Waals surface area contributed by atoms with Crippen molar-refractivity contribution >= 4 is 11.9 Å². The van der Waals surface area contributed by atoms with E-state index in [2.05, 4.69) is 11.2 Å². The molecule has 1 heterocycles. The zero-order valence-corrected chi connectivity index (χ0v) is 10.2. The highest BCUT2D eigenvalue weighted by Crippen LogP contribution is 2.14. The number of aromatic nitrogens is 2. The van der Waals surface area contributed by atoms with Crippen molar-refractivity contribution in [1.82, 2.24) is 9.78 Å². The van der Waals surface area contributed by atoms with Gasteiger partial charge in [0.25, 0.3) is 0 Å². The smallest absolute Gasteiger partial charge is 0.140 e. The van der Waals surface area contributed by atoms with E-state index in [1.165, 1.54) is 0 Å². The van der Waals surface area contributed by atoms with Gasteiger partial charge in [-0.05, 0) is 12.5 Å². The van der Waals surface area contributed by atoms with Gasteiger partial charge in [-0.2, -0.15) is 10.4 Å². The molecular weight excluding hydrogens is 224 g/mol. The monoisotopic (exact) mass is 238 g/mol. The summed E-state index contributed by atoms with van der Waals surface area (Å²) in [4.78, 5) is 0. The normalized spacial score (nSPS) is 10.7. The minimum absolute atomic E-state index is 0.424. The number of benzene rings is 1. The second-order valence-electron chi connectivity index (χ2n) is 3.95. The number of aryl methyl sites for hydroxylation is 1. The van der Waals surface area contributed by atoms with Gasteiger partial charge in [0.2, 0.25) is 0 Å². The van der Waals surface area contributed by atoms with Gasteiger partial charge in [0.05, 0.1) is 12.2 Å². The molecule has 4 heteroatoms. The number of nitrogen functional groups attached to an aromatic ring is 1. The van der Waals surface area contributed by atoms with Crippen LogP contribution in [0, 0.1) is 18.3 Å². The van der Waals surface area contributed by atoms with Crippen LogP contribution in [0.5, 0.6) is 0 Å². The number of hydrogen-bond donors (Lipinski definition) is 1. The summed E-state index contributed by atoms with van der Waals surface area (Å²) in [7, 11) is 0. The third kappa shape index (κ3) is 2.41. The number of rotatable bonds is 3. The molecule has 0 unspecified atom stereocenters. The summed E-state index contributed by atoms with van der Waals surface area (Å²) in [5, 5.41) is 13.1. The van der Waals surface area contributed by atoms with Gasteiger partial charge in [0.1, 0.15) is 17.5 Å². The molecule has 0 radical (unpaired) electrons. The molecule has 4 nitrogen and oxygen atoms in total. The van der Waals surface area contributed by atoms with Crippen LogP contribution in [0.25, 0.3) is 6.08 Å². The third-order valence-corrected chi connectivity index (χ3v) is 2.67. The highest BCUT2D eigenvalue weighted by Gasteiger charge is 2.10. The molecule has 0 aliphatic heterocycles. The molecule has 0 aliphatic rings. The van der Waals surface area contributed by atoms with Crippen LogP contribution in [-0.4, -0.2) is 9.78 Å². The molecule has 90 valence electrons. The Kier molecular flexibility index (Phi) is 3.44. The molecule has 0 amide bonds. The van der Waals surface area contributed by atoms with Crippen molar-refractivity contribution in [3.63, 3.8) is 0 Å². The first kappa shape index (κ1) is 11.9. The van der Waals surface area contributed by atoms with Crippen molar-refractivity contribution in [2.45, 2.75) is 13.5 Å². The lowest BCUT2D eigenvalue weighted by Gasteiger charge is -1.99. The summed E-state index contributed by atoms with van der Waals surface area (Å²) in [5.41, 5.74) is 8.09. The second-order valence-corrected chi connectivity index (χ2v) is 3.95. The van der Waals surface area contributed by atoms with E-state index in [-0.39, 0.29) is 0 Å². The van der Waals surface area contributed by atoms with E-state index in [1.54, 1.807) is 11.6 Å². The van der Waals surface area contributed by atoms with Crippen molar-refractivity contribution in [2.24, 2.45) is 0 Å². The fraction of sp³-hybridized carbons (Fsp3) is 0.143. The Balaban J connectivity index is 2.12. The molecule has 0 saturated heterocycles. The fourth-order valence-corrected chi connectivity index (χ4v) is 1.73. The zero-order valence-electron chi connectivity index (χ0n) is 10.2. The quantitative estimate of drug-likeness (QED) is 0.892. The molecular formula is C14H14N4. The van der Waals surface area contributed by atoms with E-state index < -0.39 is 0 Å². The summed E-state index contributed by atoms with van der Waals surface area (Å²) in [6.45, 7) is 2.34. The highest BCUT2D eigenvalue weighted by molar-refractivity contribution is 5.52. The lowest BCUT2D eigenvalue weighted by molar-refractivity contribution is 0.705. The number of nitriles is 1. The van der Waals surface area contributed by atoms with E-state index in [0.29, 0.717) is 23.6 Å². The Bertz CT molecular complexity index is 603. The summed E-state index contributed by atoms with van der Waals surface area (Å²) in [6.07, 6.45) is 3.97. The Morgan fingerprint density at radius 1 is 1.39 bits per heavy atom. The van der Waals surface area contributed by atoms with E-state index in [9.17, 15) is 0 Å².